The summed E-state index contributed by atoms with van der Waals surface area (Å²) in [4.78, 5) is 18.1. The van der Waals surface area contributed by atoms with Gasteiger partial charge in [0.15, 0.2) is 10.2 Å². The third-order valence-corrected chi connectivity index (χ3v) is 4.09. The molecule has 0 saturated carbocycles. The third kappa shape index (κ3) is 3.04. The van der Waals surface area contributed by atoms with Crippen molar-refractivity contribution < 1.29 is 9.53 Å². The summed E-state index contributed by atoms with van der Waals surface area (Å²) in [6.07, 6.45) is -0.364. The molecule has 0 fully saturated rings. The molecule has 0 saturated heterocycles. The van der Waals surface area contributed by atoms with Gasteiger partial charge in [-0.2, -0.15) is 0 Å². The quantitative estimate of drug-likeness (QED) is 0.815. The molecule has 0 aliphatic carbocycles. The van der Waals surface area contributed by atoms with Crippen LogP contribution in [-0.4, -0.2) is 28.1 Å². The topological polar surface area (TPSA) is 42.4 Å². The van der Waals surface area contributed by atoms with Crippen molar-refractivity contribution in [3.63, 3.8) is 0 Å². The van der Waals surface area contributed by atoms with Crippen molar-refractivity contribution in [3.05, 3.63) is 22.7 Å². The number of ether oxygens (including phenoxy) is 1. The zero-order valence-electron chi connectivity index (χ0n) is 11.9. The van der Waals surface area contributed by atoms with E-state index in [2.05, 4.69) is 4.98 Å². The van der Waals surface area contributed by atoms with Crippen LogP contribution in [0.5, 0.6) is 5.75 Å². The molecule has 2 aromatic rings. The first-order chi connectivity index (χ1) is 9.32. The van der Waals surface area contributed by atoms with Crippen LogP contribution in [0, 0.1) is 0 Å². The molecule has 0 radical (unpaired) electrons. The number of rotatable bonds is 2. The van der Waals surface area contributed by atoms with E-state index < -0.39 is 0 Å². The number of aromatic nitrogens is 1. The Hall–Kier alpha value is -1.33. The second-order valence-corrected chi connectivity index (χ2v) is 6.94. The molecule has 0 atom stereocenters. The fourth-order valence-electron chi connectivity index (χ4n) is 2.00. The first kappa shape index (κ1) is 15.1. The number of carbonyl (C=O) groups excluding carboxylic acids is 1. The van der Waals surface area contributed by atoms with E-state index in [0.717, 1.165) is 10.2 Å². The SMILES string of the molecule is CCN(C(=O)Oc1cccc2nc(Cl)sc12)C(C)(C)C. The maximum Gasteiger partial charge on any atom is 0.415 e. The largest absolute Gasteiger partial charge is 0.415 e. The van der Waals surface area contributed by atoms with Gasteiger partial charge in [0.25, 0.3) is 0 Å². The average molecular weight is 313 g/mol. The fourth-order valence-corrected chi connectivity index (χ4v) is 3.07. The molecular formula is C14H17ClN2O2S. The smallest absolute Gasteiger partial charge is 0.409 e. The molecule has 1 aromatic heterocycles. The number of benzene rings is 1. The first-order valence-electron chi connectivity index (χ1n) is 6.37. The molecule has 1 heterocycles. The predicted molar refractivity (Wildman–Crippen MR) is 82.8 cm³/mol. The van der Waals surface area contributed by atoms with Gasteiger partial charge >= 0.3 is 6.09 Å². The molecule has 4 nitrogen and oxygen atoms in total. The zero-order chi connectivity index (χ0) is 14.9. The van der Waals surface area contributed by atoms with Crippen LogP contribution in [0.4, 0.5) is 4.79 Å². The van der Waals surface area contributed by atoms with Gasteiger partial charge in [-0.3, -0.25) is 0 Å². The third-order valence-electron chi connectivity index (χ3n) is 2.90. The van der Waals surface area contributed by atoms with Crippen LogP contribution >= 0.6 is 22.9 Å². The van der Waals surface area contributed by atoms with E-state index in [0.29, 0.717) is 16.8 Å². The van der Waals surface area contributed by atoms with E-state index in [9.17, 15) is 4.79 Å². The molecule has 1 aromatic carbocycles. The summed E-state index contributed by atoms with van der Waals surface area (Å²) in [7, 11) is 0. The summed E-state index contributed by atoms with van der Waals surface area (Å²) in [5.74, 6) is 0.500. The number of hydrogen-bond donors (Lipinski definition) is 0. The number of thiazole rings is 1. The highest BCUT2D eigenvalue weighted by Gasteiger charge is 2.27. The van der Waals surface area contributed by atoms with Crippen LogP contribution in [0.2, 0.25) is 4.47 Å². The summed E-state index contributed by atoms with van der Waals surface area (Å²) >= 11 is 7.22. The lowest BCUT2D eigenvalue weighted by Gasteiger charge is -2.33. The Morgan fingerprint density at radius 2 is 2.15 bits per heavy atom. The van der Waals surface area contributed by atoms with Crippen molar-refractivity contribution in [2.24, 2.45) is 0 Å². The van der Waals surface area contributed by atoms with E-state index in [1.54, 1.807) is 17.0 Å². The molecule has 20 heavy (non-hydrogen) atoms. The molecule has 6 heteroatoms. The maximum atomic E-state index is 12.3. The molecule has 0 bridgehead atoms. The zero-order valence-corrected chi connectivity index (χ0v) is 13.5. The van der Waals surface area contributed by atoms with Crippen molar-refractivity contribution >= 4 is 39.2 Å². The average Bonchev–Trinajstić information content (AvgIpc) is 2.69. The molecule has 108 valence electrons. The first-order valence-corrected chi connectivity index (χ1v) is 7.57. The molecule has 0 aliphatic rings. The Labute approximate surface area is 127 Å². The Morgan fingerprint density at radius 1 is 1.45 bits per heavy atom. The van der Waals surface area contributed by atoms with Crippen molar-refractivity contribution in [2.75, 3.05) is 6.54 Å². The maximum absolute atomic E-state index is 12.3. The molecule has 0 N–H and O–H groups in total. The highest BCUT2D eigenvalue weighted by atomic mass is 35.5. The Morgan fingerprint density at radius 3 is 2.75 bits per heavy atom. The summed E-state index contributed by atoms with van der Waals surface area (Å²) < 4.78 is 6.74. The molecule has 2 rings (SSSR count). The molecule has 0 spiro atoms. The van der Waals surface area contributed by atoms with Crippen molar-refractivity contribution in [2.45, 2.75) is 33.2 Å². The Balaban J connectivity index is 2.30. The standard InChI is InChI=1S/C14H17ClN2O2S/c1-5-17(14(2,3)4)13(18)19-10-8-6-7-9-11(10)20-12(15)16-9/h6-8H,5H2,1-4H3. The van der Waals surface area contributed by atoms with Gasteiger partial charge in [-0.25, -0.2) is 9.78 Å². The lowest BCUT2D eigenvalue weighted by atomic mass is 10.1. The lowest BCUT2D eigenvalue weighted by Crippen LogP contribution is -2.46. The van der Waals surface area contributed by atoms with Gasteiger partial charge in [0.1, 0.15) is 0 Å². The number of hydrogen-bond acceptors (Lipinski definition) is 4. The number of halogens is 1. The normalized spacial score (nSPS) is 11.7. The van der Waals surface area contributed by atoms with E-state index in [1.165, 1.54) is 11.3 Å². The summed E-state index contributed by atoms with van der Waals surface area (Å²) in [6.45, 7) is 8.43. The second-order valence-electron chi connectivity index (χ2n) is 5.35. The van der Waals surface area contributed by atoms with Crippen LogP contribution in [0.15, 0.2) is 18.2 Å². The number of fused-ring (bicyclic) bond motifs is 1. The van der Waals surface area contributed by atoms with Gasteiger partial charge < -0.3 is 9.64 Å². The Bertz CT molecular complexity index is 634. The Kier molecular flexibility index (Phi) is 4.20. The van der Waals surface area contributed by atoms with Crippen molar-refractivity contribution in [1.82, 2.24) is 9.88 Å². The molecular weight excluding hydrogens is 296 g/mol. The number of nitrogens with zero attached hydrogens (tertiary/aromatic N) is 2. The van der Waals surface area contributed by atoms with Crippen LogP contribution in [0.3, 0.4) is 0 Å². The van der Waals surface area contributed by atoms with Crippen LogP contribution < -0.4 is 4.74 Å². The highest BCUT2D eigenvalue weighted by molar-refractivity contribution is 7.22. The van der Waals surface area contributed by atoms with Crippen molar-refractivity contribution in [3.8, 4) is 5.75 Å². The minimum atomic E-state index is -0.364. The summed E-state index contributed by atoms with van der Waals surface area (Å²) in [6, 6.07) is 5.40. The highest BCUT2D eigenvalue weighted by Crippen LogP contribution is 2.33. The van der Waals surface area contributed by atoms with Gasteiger partial charge in [0.2, 0.25) is 0 Å². The van der Waals surface area contributed by atoms with Crippen LogP contribution in [0.1, 0.15) is 27.7 Å². The molecule has 1 amide bonds. The van der Waals surface area contributed by atoms with E-state index in [1.807, 2.05) is 33.8 Å². The van der Waals surface area contributed by atoms with Gasteiger partial charge in [-0.15, -0.1) is 0 Å². The number of carbonyl (C=O) groups is 1. The van der Waals surface area contributed by atoms with Crippen LogP contribution in [-0.2, 0) is 0 Å². The monoisotopic (exact) mass is 312 g/mol. The van der Waals surface area contributed by atoms with Crippen molar-refractivity contribution in [1.29, 1.82) is 0 Å². The number of amides is 1. The van der Waals surface area contributed by atoms with Gasteiger partial charge in [-0.05, 0) is 39.8 Å². The van der Waals surface area contributed by atoms with E-state index in [4.69, 9.17) is 16.3 Å². The van der Waals surface area contributed by atoms with Gasteiger partial charge in [0, 0.05) is 12.1 Å². The minimum Gasteiger partial charge on any atom is -0.409 e. The minimum absolute atomic E-state index is 0.287. The van der Waals surface area contributed by atoms with Gasteiger partial charge in [0.05, 0.1) is 10.2 Å². The van der Waals surface area contributed by atoms with E-state index >= 15 is 0 Å². The van der Waals surface area contributed by atoms with E-state index in [-0.39, 0.29) is 11.6 Å². The fraction of sp³-hybridized carbons (Fsp3) is 0.429. The molecule has 0 aliphatic heterocycles. The van der Waals surface area contributed by atoms with Crippen LogP contribution in [0.25, 0.3) is 10.2 Å². The second kappa shape index (κ2) is 5.58. The van der Waals surface area contributed by atoms with Gasteiger partial charge in [-0.1, -0.05) is 29.0 Å². The lowest BCUT2D eigenvalue weighted by molar-refractivity contribution is 0.111. The summed E-state index contributed by atoms with van der Waals surface area (Å²) in [5.41, 5.74) is 0.453. The summed E-state index contributed by atoms with van der Waals surface area (Å²) in [5, 5.41) is 0. The molecule has 0 unspecified atom stereocenters. The predicted octanol–water partition coefficient (Wildman–Crippen LogP) is 4.57.